The van der Waals surface area contributed by atoms with Crippen molar-refractivity contribution in [2.75, 3.05) is 44.6 Å². The summed E-state index contributed by atoms with van der Waals surface area (Å²) in [6.07, 6.45) is 0.887. The largest absolute Gasteiger partial charge is 0.491 e. The number of ether oxygens (including phenoxy) is 1. The zero-order valence-electron chi connectivity index (χ0n) is 16.6. The van der Waals surface area contributed by atoms with Crippen LogP contribution in [0.25, 0.3) is 0 Å². The number of hydrogen-bond donors (Lipinski definition) is 1. The molecule has 1 heterocycles. The molecule has 1 saturated heterocycles. The van der Waals surface area contributed by atoms with Crippen LogP contribution in [-0.2, 0) is 4.79 Å². The van der Waals surface area contributed by atoms with Gasteiger partial charge in [0.05, 0.1) is 24.4 Å². The molecular weight excluding hydrogens is 373 g/mol. The number of benzene rings is 2. The third-order valence-corrected chi connectivity index (χ3v) is 4.75. The second kappa shape index (κ2) is 10.0. The Morgan fingerprint density at radius 2 is 1.72 bits per heavy atom. The first kappa shape index (κ1) is 20.8. The van der Waals surface area contributed by atoms with Crippen molar-refractivity contribution < 1.29 is 18.7 Å². The SMILES string of the molecule is CCCOc1ccccc1NC(=O)CN1CCN(C(=O)c2ccccc2F)CC1. The van der Waals surface area contributed by atoms with E-state index < -0.39 is 5.82 Å². The van der Waals surface area contributed by atoms with Crippen LogP contribution in [0.3, 0.4) is 0 Å². The van der Waals surface area contributed by atoms with Crippen LogP contribution in [0.2, 0.25) is 0 Å². The van der Waals surface area contributed by atoms with E-state index in [1.807, 2.05) is 36.1 Å². The van der Waals surface area contributed by atoms with Gasteiger partial charge in [0.25, 0.3) is 5.91 Å². The lowest BCUT2D eigenvalue weighted by atomic mass is 10.1. The van der Waals surface area contributed by atoms with E-state index in [0.29, 0.717) is 44.2 Å². The van der Waals surface area contributed by atoms with Crippen molar-refractivity contribution in [1.29, 1.82) is 0 Å². The van der Waals surface area contributed by atoms with Gasteiger partial charge in [0.2, 0.25) is 5.91 Å². The molecule has 2 amide bonds. The Bertz CT molecular complexity index is 851. The normalized spacial score (nSPS) is 14.5. The number of anilines is 1. The summed E-state index contributed by atoms with van der Waals surface area (Å²) in [5, 5.41) is 2.90. The van der Waals surface area contributed by atoms with Gasteiger partial charge < -0.3 is 15.0 Å². The van der Waals surface area contributed by atoms with Crippen LogP contribution < -0.4 is 10.1 Å². The molecule has 7 heteroatoms. The molecule has 1 fully saturated rings. The number of nitrogens with zero attached hydrogens (tertiary/aromatic N) is 2. The Hall–Kier alpha value is -2.93. The maximum absolute atomic E-state index is 13.8. The highest BCUT2D eigenvalue weighted by Gasteiger charge is 2.25. The number of rotatable bonds is 7. The van der Waals surface area contributed by atoms with E-state index >= 15 is 0 Å². The van der Waals surface area contributed by atoms with Crippen molar-refractivity contribution in [2.45, 2.75) is 13.3 Å². The van der Waals surface area contributed by atoms with Crippen LogP contribution in [0.15, 0.2) is 48.5 Å². The average Bonchev–Trinajstić information content (AvgIpc) is 2.73. The van der Waals surface area contributed by atoms with Gasteiger partial charge in [-0.1, -0.05) is 31.2 Å². The summed E-state index contributed by atoms with van der Waals surface area (Å²) in [5.74, 6) is -0.299. The first-order valence-corrected chi connectivity index (χ1v) is 9.86. The Kier molecular flexibility index (Phi) is 7.19. The van der Waals surface area contributed by atoms with E-state index in [9.17, 15) is 14.0 Å². The van der Waals surface area contributed by atoms with Gasteiger partial charge in [-0.15, -0.1) is 0 Å². The molecule has 29 heavy (non-hydrogen) atoms. The van der Waals surface area contributed by atoms with Gasteiger partial charge >= 0.3 is 0 Å². The number of para-hydroxylation sites is 2. The number of nitrogens with one attached hydrogen (secondary N) is 1. The summed E-state index contributed by atoms with van der Waals surface area (Å²) >= 11 is 0. The van der Waals surface area contributed by atoms with Gasteiger partial charge in [-0.05, 0) is 30.7 Å². The molecule has 3 rings (SSSR count). The van der Waals surface area contributed by atoms with Crippen LogP contribution in [0, 0.1) is 5.82 Å². The van der Waals surface area contributed by atoms with E-state index in [0.717, 1.165) is 6.42 Å². The number of piperazine rings is 1. The second-order valence-electron chi connectivity index (χ2n) is 6.94. The molecule has 0 radical (unpaired) electrons. The highest BCUT2D eigenvalue weighted by molar-refractivity contribution is 5.95. The molecule has 154 valence electrons. The summed E-state index contributed by atoms with van der Waals surface area (Å²) in [5.41, 5.74) is 0.738. The molecule has 2 aromatic carbocycles. The smallest absolute Gasteiger partial charge is 0.256 e. The van der Waals surface area contributed by atoms with Crippen molar-refractivity contribution in [1.82, 2.24) is 9.80 Å². The van der Waals surface area contributed by atoms with E-state index in [-0.39, 0.29) is 23.9 Å². The van der Waals surface area contributed by atoms with Gasteiger partial charge in [-0.2, -0.15) is 0 Å². The summed E-state index contributed by atoms with van der Waals surface area (Å²) in [7, 11) is 0. The van der Waals surface area contributed by atoms with Crippen LogP contribution >= 0.6 is 0 Å². The second-order valence-corrected chi connectivity index (χ2v) is 6.94. The van der Waals surface area contributed by atoms with Gasteiger partial charge in [-0.3, -0.25) is 14.5 Å². The predicted molar refractivity (Wildman–Crippen MR) is 110 cm³/mol. The molecule has 2 aromatic rings. The van der Waals surface area contributed by atoms with Gasteiger partial charge in [0.15, 0.2) is 0 Å². The maximum atomic E-state index is 13.8. The fraction of sp³-hybridized carbons (Fsp3) is 0.364. The quantitative estimate of drug-likeness (QED) is 0.778. The number of carbonyl (C=O) groups excluding carboxylic acids is 2. The van der Waals surface area contributed by atoms with Crippen molar-refractivity contribution in [3.05, 3.63) is 59.9 Å². The lowest BCUT2D eigenvalue weighted by Gasteiger charge is -2.34. The molecule has 1 N–H and O–H groups in total. The third-order valence-electron chi connectivity index (χ3n) is 4.75. The Labute approximate surface area is 170 Å². The molecular formula is C22H26FN3O3. The fourth-order valence-corrected chi connectivity index (χ4v) is 3.21. The van der Waals surface area contributed by atoms with Crippen molar-refractivity contribution in [2.24, 2.45) is 0 Å². The standard InChI is InChI=1S/C22H26FN3O3/c1-2-15-29-20-10-6-5-9-19(20)24-21(27)16-25-11-13-26(14-12-25)22(28)17-7-3-4-8-18(17)23/h3-10H,2,11-16H2,1H3,(H,24,27). The summed E-state index contributed by atoms with van der Waals surface area (Å²) in [6.45, 7) is 4.86. The zero-order valence-corrected chi connectivity index (χ0v) is 16.6. The number of carbonyl (C=O) groups is 2. The molecule has 1 aliphatic rings. The fourth-order valence-electron chi connectivity index (χ4n) is 3.21. The minimum absolute atomic E-state index is 0.0855. The van der Waals surface area contributed by atoms with E-state index in [4.69, 9.17) is 4.74 Å². The molecule has 6 nitrogen and oxygen atoms in total. The number of halogens is 1. The topological polar surface area (TPSA) is 61.9 Å². The van der Waals surface area contributed by atoms with Gasteiger partial charge in [0.1, 0.15) is 11.6 Å². The van der Waals surface area contributed by atoms with Crippen LogP contribution in [0.1, 0.15) is 23.7 Å². The summed E-state index contributed by atoms with van der Waals surface area (Å²) in [4.78, 5) is 28.5. The molecule has 0 unspecified atom stereocenters. The van der Waals surface area contributed by atoms with Crippen LogP contribution in [0.4, 0.5) is 10.1 Å². The van der Waals surface area contributed by atoms with Crippen LogP contribution in [-0.4, -0.2) is 60.9 Å². The first-order chi connectivity index (χ1) is 14.1. The Morgan fingerprint density at radius 1 is 1.03 bits per heavy atom. The first-order valence-electron chi connectivity index (χ1n) is 9.86. The third kappa shape index (κ3) is 5.54. The molecule has 1 aliphatic heterocycles. The summed E-state index contributed by atoms with van der Waals surface area (Å²) < 4.78 is 19.5. The predicted octanol–water partition coefficient (Wildman–Crippen LogP) is 3.01. The number of hydrogen-bond acceptors (Lipinski definition) is 4. The molecule has 0 saturated carbocycles. The minimum atomic E-state index is -0.511. The summed E-state index contributed by atoms with van der Waals surface area (Å²) in [6, 6.07) is 13.4. The maximum Gasteiger partial charge on any atom is 0.256 e. The van der Waals surface area contributed by atoms with Crippen molar-refractivity contribution >= 4 is 17.5 Å². The van der Waals surface area contributed by atoms with E-state index in [2.05, 4.69) is 5.32 Å². The lowest BCUT2D eigenvalue weighted by Crippen LogP contribution is -2.50. The lowest BCUT2D eigenvalue weighted by molar-refractivity contribution is -0.117. The molecule has 0 spiro atoms. The Morgan fingerprint density at radius 3 is 2.45 bits per heavy atom. The van der Waals surface area contributed by atoms with E-state index in [1.165, 1.54) is 12.1 Å². The minimum Gasteiger partial charge on any atom is -0.491 e. The Balaban J connectivity index is 1.50. The molecule has 0 aromatic heterocycles. The molecule has 0 aliphatic carbocycles. The average molecular weight is 399 g/mol. The van der Waals surface area contributed by atoms with Crippen molar-refractivity contribution in [3.63, 3.8) is 0 Å². The van der Waals surface area contributed by atoms with Crippen molar-refractivity contribution in [3.8, 4) is 5.75 Å². The highest BCUT2D eigenvalue weighted by atomic mass is 19.1. The molecule has 0 atom stereocenters. The van der Waals surface area contributed by atoms with E-state index in [1.54, 1.807) is 17.0 Å². The molecule has 0 bridgehead atoms. The van der Waals surface area contributed by atoms with Gasteiger partial charge in [0, 0.05) is 26.2 Å². The highest BCUT2D eigenvalue weighted by Crippen LogP contribution is 2.24. The zero-order chi connectivity index (χ0) is 20.6. The number of amides is 2. The van der Waals surface area contributed by atoms with Gasteiger partial charge in [-0.25, -0.2) is 4.39 Å². The van der Waals surface area contributed by atoms with Crippen LogP contribution in [0.5, 0.6) is 5.75 Å². The monoisotopic (exact) mass is 399 g/mol.